The van der Waals surface area contributed by atoms with E-state index in [9.17, 15) is 8.42 Å². The molecule has 0 aliphatic carbocycles. The molecule has 20 heavy (non-hydrogen) atoms. The number of ether oxygens (including phenoxy) is 1. The summed E-state index contributed by atoms with van der Waals surface area (Å²) in [6, 6.07) is 0. The van der Waals surface area contributed by atoms with Crippen molar-refractivity contribution < 1.29 is 18.3 Å². The maximum Gasteiger partial charge on any atom is 0.246 e. The number of hydrogen-bond donors (Lipinski definition) is 1. The molecule has 0 amide bonds. The lowest BCUT2D eigenvalue weighted by molar-refractivity contribution is 0.0290. The van der Waals surface area contributed by atoms with Crippen LogP contribution in [0.2, 0.25) is 0 Å². The van der Waals surface area contributed by atoms with Crippen molar-refractivity contribution in [3.8, 4) is 0 Å². The Morgan fingerprint density at radius 2 is 2.15 bits per heavy atom. The van der Waals surface area contributed by atoms with Crippen LogP contribution in [0.3, 0.4) is 0 Å². The standard InChI is InChI=1S/C12H21N3O4S/c1-2-19-11-3-5-15(6-4-11)20(17,18)12-9-13-14(10-12)7-8-16/h9-11,16H,2-8H2,1H3. The molecule has 0 radical (unpaired) electrons. The Balaban J connectivity index is 2.03. The Morgan fingerprint density at radius 3 is 2.75 bits per heavy atom. The fourth-order valence-corrected chi connectivity index (χ4v) is 3.75. The van der Waals surface area contributed by atoms with Crippen LogP contribution in [0.15, 0.2) is 17.3 Å². The zero-order chi connectivity index (χ0) is 14.6. The van der Waals surface area contributed by atoms with Crippen LogP contribution < -0.4 is 0 Å². The van der Waals surface area contributed by atoms with Crippen molar-refractivity contribution >= 4 is 10.0 Å². The van der Waals surface area contributed by atoms with E-state index >= 15 is 0 Å². The summed E-state index contributed by atoms with van der Waals surface area (Å²) in [6.45, 7) is 3.77. The third-order valence-corrected chi connectivity index (χ3v) is 5.23. The van der Waals surface area contributed by atoms with Crippen LogP contribution >= 0.6 is 0 Å². The normalized spacial score (nSPS) is 18.5. The van der Waals surface area contributed by atoms with Crippen molar-refractivity contribution in [2.45, 2.75) is 37.3 Å². The maximum absolute atomic E-state index is 12.4. The molecule has 0 saturated carbocycles. The molecule has 0 aromatic carbocycles. The van der Waals surface area contributed by atoms with Crippen molar-refractivity contribution in [2.75, 3.05) is 26.3 Å². The number of rotatable bonds is 6. The van der Waals surface area contributed by atoms with Crippen LogP contribution in [-0.2, 0) is 21.3 Å². The minimum atomic E-state index is -3.49. The Hall–Kier alpha value is -0.960. The van der Waals surface area contributed by atoms with E-state index in [1.54, 1.807) is 0 Å². The van der Waals surface area contributed by atoms with E-state index in [1.807, 2.05) is 6.92 Å². The summed E-state index contributed by atoms with van der Waals surface area (Å²) < 4.78 is 33.3. The lowest BCUT2D eigenvalue weighted by Crippen LogP contribution is -2.40. The second kappa shape index (κ2) is 6.66. The number of piperidine rings is 1. The molecular formula is C12H21N3O4S. The lowest BCUT2D eigenvalue weighted by atomic mass is 10.1. The number of sulfonamides is 1. The molecule has 2 heterocycles. The van der Waals surface area contributed by atoms with Gasteiger partial charge in [-0.3, -0.25) is 4.68 Å². The molecule has 0 unspecified atom stereocenters. The van der Waals surface area contributed by atoms with Gasteiger partial charge in [0, 0.05) is 25.9 Å². The molecular weight excluding hydrogens is 282 g/mol. The predicted molar refractivity (Wildman–Crippen MR) is 72.7 cm³/mol. The Morgan fingerprint density at radius 1 is 1.45 bits per heavy atom. The van der Waals surface area contributed by atoms with Gasteiger partial charge in [-0.25, -0.2) is 8.42 Å². The summed E-state index contributed by atoms with van der Waals surface area (Å²) in [7, 11) is -3.49. The molecule has 1 aliphatic rings. The minimum absolute atomic E-state index is 0.0685. The summed E-state index contributed by atoms with van der Waals surface area (Å²) in [5.74, 6) is 0. The van der Waals surface area contributed by atoms with Crippen LogP contribution in [0.25, 0.3) is 0 Å². The van der Waals surface area contributed by atoms with Crippen LogP contribution in [0.4, 0.5) is 0 Å². The van der Waals surface area contributed by atoms with E-state index < -0.39 is 10.0 Å². The van der Waals surface area contributed by atoms with Crippen LogP contribution in [0.5, 0.6) is 0 Å². The van der Waals surface area contributed by atoms with Gasteiger partial charge in [0.2, 0.25) is 10.0 Å². The summed E-state index contributed by atoms with van der Waals surface area (Å²) in [5.41, 5.74) is 0. The molecule has 0 atom stereocenters. The fraction of sp³-hybridized carbons (Fsp3) is 0.750. The summed E-state index contributed by atoms with van der Waals surface area (Å²) in [4.78, 5) is 0.181. The van der Waals surface area contributed by atoms with Gasteiger partial charge in [-0.2, -0.15) is 9.40 Å². The summed E-state index contributed by atoms with van der Waals surface area (Å²) in [6.07, 6.45) is 4.39. The molecule has 0 bridgehead atoms. The molecule has 1 aromatic heterocycles. The van der Waals surface area contributed by atoms with Crippen LogP contribution in [0, 0.1) is 0 Å². The second-order valence-electron chi connectivity index (χ2n) is 4.72. The van der Waals surface area contributed by atoms with Gasteiger partial charge in [0.15, 0.2) is 0 Å². The highest BCUT2D eigenvalue weighted by Gasteiger charge is 2.30. The fourth-order valence-electron chi connectivity index (χ4n) is 2.33. The van der Waals surface area contributed by atoms with Gasteiger partial charge in [-0.1, -0.05) is 0 Å². The molecule has 114 valence electrons. The Labute approximate surface area is 119 Å². The third kappa shape index (κ3) is 3.38. The van der Waals surface area contributed by atoms with E-state index in [0.717, 1.165) is 12.8 Å². The van der Waals surface area contributed by atoms with Crippen LogP contribution in [-0.4, -0.2) is 60.0 Å². The molecule has 1 fully saturated rings. The van der Waals surface area contributed by atoms with Gasteiger partial charge in [0.25, 0.3) is 0 Å². The predicted octanol–water partition coefficient (Wildman–Crippen LogP) is 0.0650. The highest BCUT2D eigenvalue weighted by atomic mass is 32.2. The number of aromatic nitrogens is 2. The molecule has 1 aliphatic heterocycles. The first kappa shape index (κ1) is 15.4. The first-order chi connectivity index (χ1) is 9.57. The van der Waals surface area contributed by atoms with Gasteiger partial charge in [-0.15, -0.1) is 0 Å². The third-order valence-electron chi connectivity index (χ3n) is 3.38. The molecule has 1 saturated heterocycles. The SMILES string of the molecule is CCOC1CCN(S(=O)(=O)c2cnn(CCO)c2)CC1. The quantitative estimate of drug-likeness (QED) is 0.803. The molecule has 2 rings (SSSR count). The topological polar surface area (TPSA) is 84.7 Å². The van der Waals surface area contributed by atoms with Gasteiger partial charge in [0.1, 0.15) is 4.90 Å². The van der Waals surface area contributed by atoms with Crippen molar-refractivity contribution in [1.82, 2.24) is 14.1 Å². The maximum atomic E-state index is 12.4. The second-order valence-corrected chi connectivity index (χ2v) is 6.66. The number of aliphatic hydroxyl groups is 1. The molecule has 0 spiro atoms. The van der Waals surface area contributed by atoms with E-state index in [-0.39, 0.29) is 17.6 Å². The highest BCUT2D eigenvalue weighted by molar-refractivity contribution is 7.89. The summed E-state index contributed by atoms with van der Waals surface area (Å²) >= 11 is 0. The molecule has 1 N–H and O–H groups in total. The Bertz CT molecular complexity index is 521. The number of nitrogens with zero attached hydrogens (tertiary/aromatic N) is 3. The van der Waals surface area contributed by atoms with Gasteiger partial charge >= 0.3 is 0 Å². The van der Waals surface area contributed by atoms with Gasteiger partial charge < -0.3 is 9.84 Å². The molecule has 7 nitrogen and oxygen atoms in total. The average molecular weight is 303 g/mol. The average Bonchev–Trinajstić information content (AvgIpc) is 2.90. The number of hydrogen-bond acceptors (Lipinski definition) is 5. The number of aliphatic hydroxyl groups excluding tert-OH is 1. The summed E-state index contributed by atoms with van der Waals surface area (Å²) in [5, 5.41) is 12.8. The van der Waals surface area contributed by atoms with Crippen molar-refractivity contribution in [1.29, 1.82) is 0 Å². The van der Waals surface area contributed by atoms with Crippen LogP contribution in [0.1, 0.15) is 19.8 Å². The van der Waals surface area contributed by atoms with E-state index in [0.29, 0.717) is 26.2 Å². The highest BCUT2D eigenvalue weighted by Crippen LogP contribution is 2.21. The van der Waals surface area contributed by atoms with Gasteiger partial charge in [-0.05, 0) is 19.8 Å². The van der Waals surface area contributed by atoms with Gasteiger partial charge in [0.05, 0.1) is 25.5 Å². The molecule has 1 aromatic rings. The minimum Gasteiger partial charge on any atom is -0.394 e. The zero-order valence-corrected chi connectivity index (χ0v) is 12.4. The largest absolute Gasteiger partial charge is 0.394 e. The zero-order valence-electron chi connectivity index (χ0n) is 11.6. The first-order valence-corrected chi connectivity index (χ1v) is 8.27. The van der Waals surface area contributed by atoms with E-state index in [1.165, 1.54) is 21.4 Å². The smallest absolute Gasteiger partial charge is 0.246 e. The first-order valence-electron chi connectivity index (χ1n) is 6.83. The lowest BCUT2D eigenvalue weighted by Gasteiger charge is -2.30. The monoisotopic (exact) mass is 303 g/mol. The van der Waals surface area contributed by atoms with Crippen molar-refractivity contribution in [3.05, 3.63) is 12.4 Å². The molecule has 8 heteroatoms. The Kier molecular flexibility index (Phi) is 5.14. The van der Waals surface area contributed by atoms with Crippen molar-refractivity contribution in [3.63, 3.8) is 0 Å². The van der Waals surface area contributed by atoms with E-state index in [4.69, 9.17) is 9.84 Å². The van der Waals surface area contributed by atoms with Crippen molar-refractivity contribution in [2.24, 2.45) is 0 Å². The van der Waals surface area contributed by atoms with E-state index in [2.05, 4.69) is 5.10 Å².